The summed E-state index contributed by atoms with van der Waals surface area (Å²) >= 11 is 5.90. The lowest BCUT2D eigenvalue weighted by Crippen LogP contribution is -2.31. The summed E-state index contributed by atoms with van der Waals surface area (Å²) in [6, 6.07) is 14.7. The van der Waals surface area contributed by atoms with Crippen molar-refractivity contribution in [1.82, 2.24) is 4.90 Å². The maximum atomic E-state index is 13.2. The quantitative estimate of drug-likeness (QED) is 0.364. The molecule has 0 saturated carbocycles. The van der Waals surface area contributed by atoms with Gasteiger partial charge in [-0.2, -0.15) is 0 Å². The minimum absolute atomic E-state index is 0.0450. The number of benzene rings is 2. The van der Waals surface area contributed by atoms with Crippen LogP contribution < -0.4 is 0 Å². The first-order chi connectivity index (χ1) is 14.5. The monoisotopic (exact) mass is 425 g/mol. The summed E-state index contributed by atoms with van der Waals surface area (Å²) in [7, 11) is 0. The largest absolute Gasteiger partial charge is 0.507 e. The molecule has 1 saturated heterocycles. The van der Waals surface area contributed by atoms with E-state index in [-0.39, 0.29) is 23.7 Å². The van der Waals surface area contributed by atoms with E-state index in [1.807, 2.05) is 0 Å². The van der Waals surface area contributed by atoms with E-state index < -0.39 is 17.7 Å². The first-order valence-corrected chi connectivity index (χ1v) is 9.65. The Balaban J connectivity index is 1.72. The van der Waals surface area contributed by atoms with Crippen LogP contribution in [0.25, 0.3) is 5.76 Å². The van der Waals surface area contributed by atoms with E-state index >= 15 is 0 Å². The molecule has 0 radical (unpaired) electrons. The number of amides is 1. The number of aliphatic hydroxyl groups is 1. The van der Waals surface area contributed by atoms with Crippen LogP contribution in [0.2, 0.25) is 5.02 Å². The topological polar surface area (TPSA) is 70.8 Å². The van der Waals surface area contributed by atoms with Gasteiger partial charge in [0.2, 0.25) is 0 Å². The van der Waals surface area contributed by atoms with Gasteiger partial charge in [-0.15, -0.1) is 0 Å². The van der Waals surface area contributed by atoms with Crippen LogP contribution in [-0.4, -0.2) is 28.2 Å². The fourth-order valence-corrected chi connectivity index (χ4v) is 3.64. The Morgan fingerprint density at radius 1 is 1.07 bits per heavy atom. The maximum Gasteiger partial charge on any atom is 0.295 e. The van der Waals surface area contributed by atoms with Gasteiger partial charge in [-0.3, -0.25) is 9.59 Å². The second kappa shape index (κ2) is 8.16. The summed E-state index contributed by atoms with van der Waals surface area (Å²) in [6.07, 6.45) is 1.85. The molecule has 2 aromatic carbocycles. The van der Waals surface area contributed by atoms with Crippen LogP contribution >= 0.6 is 11.6 Å². The van der Waals surface area contributed by atoms with Crippen molar-refractivity contribution in [1.29, 1.82) is 0 Å². The predicted octanol–water partition coefficient (Wildman–Crippen LogP) is 4.74. The van der Waals surface area contributed by atoms with E-state index in [1.54, 1.807) is 48.5 Å². The van der Waals surface area contributed by atoms with Crippen molar-refractivity contribution < 1.29 is 23.5 Å². The molecule has 1 amide bonds. The third-order valence-electron chi connectivity index (χ3n) is 5.02. The van der Waals surface area contributed by atoms with Crippen molar-refractivity contribution in [3.63, 3.8) is 0 Å². The molecule has 1 aromatic heterocycles. The van der Waals surface area contributed by atoms with Crippen LogP contribution in [0.1, 0.15) is 22.9 Å². The lowest BCUT2D eigenvalue weighted by atomic mass is 9.99. The lowest BCUT2D eigenvalue weighted by Gasteiger charge is -2.23. The van der Waals surface area contributed by atoms with Crippen LogP contribution in [-0.2, 0) is 16.0 Å². The van der Waals surface area contributed by atoms with Gasteiger partial charge in [0.1, 0.15) is 23.4 Å². The first-order valence-electron chi connectivity index (χ1n) is 9.28. The summed E-state index contributed by atoms with van der Waals surface area (Å²) in [4.78, 5) is 27.0. The Morgan fingerprint density at radius 2 is 1.77 bits per heavy atom. The van der Waals surface area contributed by atoms with Gasteiger partial charge in [0.15, 0.2) is 0 Å². The van der Waals surface area contributed by atoms with Crippen molar-refractivity contribution in [3.05, 3.63) is 100 Å². The molecule has 30 heavy (non-hydrogen) atoms. The summed E-state index contributed by atoms with van der Waals surface area (Å²) < 4.78 is 18.6. The van der Waals surface area contributed by atoms with E-state index in [9.17, 15) is 19.1 Å². The minimum Gasteiger partial charge on any atom is -0.507 e. The normalized spacial score (nSPS) is 18.2. The highest BCUT2D eigenvalue weighted by Gasteiger charge is 2.47. The number of likely N-dealkylation sites (tertiary alicyclic amines) is 1. The van der Waals surface area contributed by atoms with E-state index in [0.29, 0.717) is 22.8 Å². The molecule has 5 nitrogen and oxygen atoms in total. The average molecular weight is 426 g/mol. The molecule has 3 aromatic rings. The highest BCUT2D eigenvalue weighted by atomic mass is 35.5. The van der Waals surface area contributed by atoms with Gasteiger partial charge in [-0.1, -0.05) is 23.7 Å². The smallest absolute Gasteiger partial charge is 0.295 e. The van der Waals surface area contributed by atoms with Gasteiger partial charge >= 0.3 is 0 Å². The maximum absolute atomic E-state index is 13.2. The molecule has 1 aliphatic rings. The average Bonchev–Trinajstić information content (AvgIpc) is 3.35. The highest BCUT2D eigenvalue weighted by Crippen LogP contribution is 2.39. The second-order valence-corrected chi connectivity index (χ2v) is 7.33. The van der Waals surface area contributed by atoms with Gasteiger partial charge in [0.25, 0.3) is 11.7 Å². The molecule has 2 heterocycles. The molecule has 0 spiro atoms. The number of hydrogen-bond acceptors (Lipinski definition) is 4. The number of hydrogen-bond donors (Lipinski definition) is 1. The van der Waals surface area contributed by atoms with Crippen molar-refractivity contribution >= 4 is 29.1 Å². The molecular formula is C23H17ClFNO4. The number of aliphatic hydroxyl groups excluding tert-OH is 1. The van der Waals surface area contributed by atoms with E-state index in [2.05, 4.69) is 0 Å². The number of furan rings is 1. The summed E-state index contributed by atoms with van der Waals surface area (Å²) in [5.74, 6) is -1.80. The zero-order valence-electron chi connectivity index (χ0n) is 15.7. The molecule has 0 bridgehead atoms. The van der Waals surface area contributed by atoms with E-state index in [0.717, 1.165) is 5.56 Å². The molecule has 1 atom stereocenters. The minimum atomic E-state index is -0.865. The number of carbonyl (C=O) groups is 2. The molecule has 1 fully saturated rings. The number of Topliss-reactive ketones (excluding diaryl/α,β-unsaturated/α-hetero) is 1. The molecular weight excluding hydrogens is 409 g/mol. The first kappa shape index (κ1) is 19.9. The molecule has 1 N–H and O–H groups in total. The third kappa shape index (κ3) is 3.74. The van der Waals surface area contributed by atoms with Gasteiger partial charge in [0.05, 0.1) is 11.8 Å². The Labute approximate surface area is 177 Å². The molecule has 7 heteroatoms. The number of carbonyl (C=O) groups excluding carboxylic acids is 2. The molecule has 1 unspecified atom stereocenters. The van der Waals surface area contributed by atoms with Gasteiger partial charge < -0.3 is 14.4 Å². The highest BCUT2D eigenvalue weighted by molar-refractivity contribution is 6.46. The second-order valence-electron chi connectivity index (χ2n) is 6.89. The van der Waals surface area contributed by atoms with Crippen LogP contribution in [0.5, 0.6) is 0 Å². The molecule has 0 aliphatic carbocycles. The van der Waals surface area contributed by atoms with Crippen molar-refractivity contribution in [2.45, 2.75) is 12.5 Å². The standard InChI is InChI=1S/C23H17ClFNO4/c24-16-7-5-15(6-8-16)21(27)19-20(18-2-1-13-30-18)26(23(29)22(19)28)12-11-14-3-9-17(25)10-4-14/h1-10,13,20,27H,11-12H2/b21-19-. The number of ketones is 1. The predicted molar refractivity (Wildman–Crippen MR) is 109 cm³/mol. The van der Waals surface area contributed by atoms with Gasteiger partial charge in [-0.05, 0) is 60.5 Å². The summed E-state index contributed by atoms with van der Waals surface area (Å²) in [5, 5.41) is 11.3. The zero-order chi connectivity index (χ0) is 21.3. The summed E-state index contributed by atoms with van der Waals surface area (Å²) in [6.45, 7) is 0.193. The third-order valence-corrected chi connectivity index (χ3v) is 5.28. The van der Waals surface area contributed by atoms with E-state index in [4.69, 9.17) is 16.0 Å². The lowest BCUT2D eigenvalue weighted by molar-refractivity contribution is -0.140. The molecule has 4 rings (SSSR count). The van der Waals surface area contributed by atoms with Crippen LogP contribution in [0.3, 0.4) is 0 Å². The number of nitrogens with zero attached hydrogens (tertiary/aromatic N) is 1. The van der Waals surface area contributed by atoms with Crippen LogP contribution in [0, 0.1) is 5.82 Å². The molecule has 152 valence electrons. The van der Waals surface area contributed by atoms with Crippen LogP contribution in [0.15, 0.2) is 76.9 Å². The van der Waals surface area contributed by atoms with Gasteiger partial charge in [-0.25, -0.2) is 4.39 Å². The number of halogens is 2. The fraction of sp³-hybridized carbons (Fsp3) is 0.130. The zero-order valence-corrected chi connectivity index (χ0v) is 16.5. The van der Waals surface area contributed by atoms with Crippen molar-refractivity contribution in [2.24, 2.45) is 0 Å². The molecule has 1 aliphatic heterocycles. The van der Waals surface area contributed by atoms with E-state index in [1.165, 1.54) is 23.3 Å². The van der Waals surface area contributed by atoms with Crippen LogP contribution in [0.4, 0.5) is 4.39 Å². The Hall–Kier alpha value is -3.38. The Kier molecular flexibility index (Phi) is 5.42. The van der Waals surface area contributed by atoms with Crippen molar-refractivity contribution in [3.8, 4) is 0 Å². The fourth-order valence-electron chi connectivity index (χ4n) is 3.52. The van der Waals surface area contributed by atoms with Gasteiger partial charge in [0, 0.05) is 17.1 Å². The van der Waals surface area contributed by atoms with Crippen molar-refractivity contribution in [2.75, 3.05) is 6.54 Å². The Bertz CT molecular complexity index is 1110. The SMILES string of the molecule is O=C1C(=O)N(CCc2ccc(F)cc2)C(c2ccco2)/C1=C(/O)c1ccc(Cl)cc1. The summed E-state index contributed by atoms with van der Waals surface area (Å²) in [5.41, 5.74) is 1.14. The Morgan fingerprint density at radius 3 is 2.40 bits per heavy atom. The number of rotatable bonds is 5.